The molecule has 1 N–H and O–H groups in total. The fourth-order valence-corrected chi connectivity index (χ4v) is 4.97. The number of aliphatic hydroxyl groups is 1. The molecule has 0 aliphatic heterocycles. The Kier molecular flexibility index (Phi) is 11.9. The molecular formula is C36H58O4Si. The summed E-state index contributed by atoms with van der Waals surface area (Å²) in [6.07, 6.45) is 2.84. The molecule has 0 aromatic heterocycles. The molecule has 0 bridgehead atoms. The Morgan fingerprint density at radius 3 is 2.07 bits per heavy atom. The SMILES string of the molecule is CC(CCCC(C)(C)O)c1cccc(OCc2ccc(COC(C)(C)C(C)(C)C)c(C(C)(C)O[Si]C(C)(C)C)c2)c1. The third kappa shape index (κ3) is 11.9. The first-order chi connectivity index (χ1) is 18.6. The molecular weight excluding hydrogens is 524 g/mol. The normalized spacial score (nSPS) is 14.3. The topological polar surface area (TPSA) is 47.9 Å². The van der Waals surface area contributed by atoms with Crippen LogP contribution in [-0.4, -0.2) is 26.1 Å². The first kappa shape index (κ1) is 35.5. The predicted molar refractivity (Wildman–Crippen MR) is 174 cm³/mol. The van der Waals surface area contributed by atoms with E-state index >= 15 is 0 Å². The third-order valence-electron chi connectivity index (χ3n) is 8.09. The van der Waals surface area contributed by atoms with Crippen molar-refractivity contribution in [2.24, 2.45) is 5.41 Å². The van der Waals surface area contributed by atoms with Gasteiger partial charge in [0.2, 0.25) is 9.76 Å². The Hall–Kier alpha value is -1.66. The van der Waals surface area contributed by atoms with E-state index in [1.54, 1.807) is 0 Å². The zero-order valence-electron chi connectivity index (χ0n) is 28.3. The lowest BCUT2D eigenvalue weighted by atomic mass is 9.79. The highest BCUT2D eigenvalue weighted by Gasteiger charge is 2.35. The molecule has 0 amide bonds. The van der Waals surface area contributed by atoms with Crippen LogP contribution < -0.4 is 4.74 Å². The molecule has 2 aromatic rings. The Morgan fingerprint density at radius 2 is 1.49 bits per heavy atom. The minimum atomic E-state index is -0.610. The van der Waals surface area contributed by atoms with Crippen molar-refractivity contribution < 1.29 is 19.0 Å². The van der Waals surface area contributed by atoms with Crippen molar-refractivity contribution in [1.29, 1.82) is 0 Å². The predicted octanol–water partition coefficient (Wildman–Crippen LogP) is 9.74. The highest BCUT2D eigenvalue weighted by Crippen LogP contribution is 2.37. The fraction of sp³-hybridized carbons (Fsp3) is 0.667. The highest BCUT2D eigenvalue weighted by atomic mass is 28.2. The molecule has 1 unspecified atom stereocenters. The van der Waals surface area contributed by atoms with Crippen molar-refractivity contribution in [3.8, 4) is 5.75 Å². The van der Waals surface area contributed by atoms with E-state index in [1.807, 2.05) is 19.9 Å². The minimum absolute atomic E-state index is 0.0159. The van der Waals surface area contributed by atoms with Crippen LogP contribution >= 0.6 is 0 Å². The number of benzene rings is 2. The van der Waals surface area contributed by atoms with Crippen molar-refractivity contribution in [1.82, 2.24) is 0 Å². The van der Waals surface area contributed by atoms with Crippen molar-refractivity contribution >= 4 is 9.76 Å². The molecule has 0 aliphatic carbocycles. The molecule has 0 saturated heterocycles. The molecule has 0 saturated carbocycles. The standard InChI is InChI=1S/C36H58O4Si/c1-26(16-15-21-34(8,9)37)28-17-14-18-30(23-28)38-24-27-19-20-29(25-39-36(12,13)32(2,3)4)31(22-27)35(10,11)40-41-33(5,6)7/h14,17-20,22-23,26,37H,15-16,21,24-25H2,1-13H3. The first-order valence-corrected chi connectivity index (χ1v) is 16.2. The Balaban J connectivity index is 2.23. The van der Waals surface area contributed by atoms with Gasteiger partial charge in [0.25, 0.3) is 0 Å². The van der Waals surface area contributed by atoms with Gasteiger partial charge in [0.1, 0.15) is 12.4 Å². The lowest BCUT2D eigenvalue weighted by Crippen LogP contribution is -2.39. The quantitative estimate of drug-likeness (QED) is 0.225. The third-order valence-corrected chi connectivity index (χ3v) is 9.31. The Labute approximate surface area is 254 Å². The second-order valence-corrected chi connectivity index (χ2v) is 17.4. The molecule has 0 aliphatic rings. The summed E-state index contributed by atoms with van der Waals surface area (Å²) in [5.74, 6) is 1.29. The number of hydrogen-bond acceptors (Lipinski definition) is 4. The summed E-state index contributed by atoms with van der Waals surface area (Å²) in [6, 6.07) is 15.0. The lowest BCUT2D eigenvalue weighted by molar-refractivity contribution is -0.100. The molecule has 230 valence electrons. The van der Waals surface area contributed by atoms with Crippen LogP contribution in [0.4, 0.5) is 0 Å². The van der Waals surface area contributed by atoms with E-state index in [0.29, 0.717) is 28.9 Å². The second kappa shape index (κ2) is 13.8. The van der Waals surface area contributed by atoms with Gasteiger partial charge >= 0.3 is 0 Å². The summed E-state index contributed by atoms with van der Waals surface area (Å²) < 4.78 is 19.4. The molecule has 1 atom stereocenters. The van der Waals surface area contributed by atoms with Gasteiger partial charge in [-0.1, -0.05) is 79.2 Å². The zero-order chi connectivity index (χ0) is 31.3. The molecule has 0 fully saturated rings. The second-order valence-electron chi connectivity index (χ2n) is 15.5. The van der Waals surface area contributed by atoms with Crippen LogP contribution in [0.15, 0.2) is 42.5 Å². The van der Waals surface area contributed by atoms with Gasteiger partial charge in [-0.25, -0.2) is 0 Å². The van der Waals surface area contributed by atoms with Crippen LogP contribution in [-0.2, 0) is 28.0 Å². The lowest BCUT2D eigenvalue weighted by Gasteiger charge is -2.39. The molecule has 2 aromatic carbocycles. The van der Waals surface area contributed by atoms with Crippen LogP contribution in [0.25, 0.3) is 0 Å². The van der Waals surface area contributed by atoms with Gasteiger partial charge in [-0.3, -0.25) is 0 Å². The van der Waals surface area contributed by atoms with Crippen LogP contribution in [0.2, 0.25) is 5.04 Å². The van der Waals surface area contributed by atoms with E-state index in [4.69, 9.17) is 13.9 Å². The smallest absolute Gasteiger partial charge is 0.236 e. The van der Waals surface area contributed by atoms with Gasteiger partial charge in [-0.15, -0.1) is 0 Å². The van der Waals surface area contributed by atoms with Gasteiger partial charge < -0.3 is 19.0 Å². The molecule has 5 heteroatoms. The zero-order valence-corrected chi connectivity index (χ0v) is 29.3. The number of ether oxygens (including phenoxy) is 2. The summed E-state index contributed by atoms with van der Waals surface area (Å²) in [4.78, 5) is 0. The summed E-state index contributed by atoms with van der Waals surface area (Å²) in [5.41, 5.74) is 3.34. The fourth-order valence-electron chi connectivity index (χ4n) is 4.30. The van der Waals surface area contributed by atoms with E-state index in [2.05, 4.69) is 113 Å². The van der Waals surface area contributed by atoms with Crippen molar-refractivity contribution in [3.63, 3.8) is 0 Å². The van der Waals surface area contributed by atoms with E-state index < -0.39 is 11.2 Å². The summed E-state index contributed by atoms with van der Waals surface area (Å²) in [6.45, 7) is 29.0. The van der Waals surface area contributed by atoms with Gasteiger partial charge in [0, 0.05) is 0 Å². The van der Waals surface area contributed by atoms with Crippen molar-refractivity contribution in [2.45, 2.75) is 150 Å². The maximum atomic E-state index is 10.0. The molecule has 4 nitrogen and oxygen atoms in total. The van der Waals surface area contributed by atoms with E-state index in [0.717, 1.165) is 41.7 Å². The first-order valence-electron chi connectivity index (χ1n) is 15.3. The summed E-state index contributed by atoms with van der Waals surface area (Å²) in [7, 11) is 0.378. The van der Waals surface area contributed by atoms with Crippen molar-refractivity contribution in [2.75, 3.05) is 0 Å². The van der Waals surface area contributed by atoms with E-state index in [1.165, 1.54) is 5.56 Å². The van der Waals surface area contributed by atoms with Gasteiger partial charge in [-0.05, 0) is 111 Å². The maximum Gasteiger partial charge on any atom is 0.236 e. The largest absolute Gasteiger partial charge is 0.489 e. The van der Waals surface area contributed by atoms with Crippen LogP contribution in [0, 0.1) is 5.41 Å². The Bertz CT molecular complexity index is 1100. The van der Waals surface area contributed by atoms with E-state index in [-0.39, 0.29) is 16.1 Å². The monoisotopic (exact) mass is 582 g/mol. The van der Waals surface area contributed by atoms with Gasteiger partial charge in [-0.2, -0.15) is 0 Å². The minimum Gasteiger partial charge on any atom is -0.489 e. The molecule has 2 radical (unpaired) electrons. The van der Waals surface area contributed by atoms with Crippen LogP contribution in [0.5, 0.6) is 5.75 Å². The summed E-state index contributed by atoms with van der Waals surface area (Å²) >= 11 is 0. The summed E-state index contributed by atoms with van der Waals surface area (Å²) in [5, 5.41) is 10.1. The average Bonchev–Trinajstić information content (AvgIpc) is 2.83. The number of rotatable bonds is 14. The molecule has 0 spiro atoms. The van der Waals surface area contributed by atoms with E-state index in [9.17, 15) is 5.11 Å². The van der Waals surface area contributed by atoms with Gasteiger partial charge in [0.05, 0.1) is 23.4 Å². The number of hydrogen-bond donors (Lipinski definition) is 1. The van der Waals surface area contributed by atoms with Crippen molar-refractivity contribution in [3.05, 3.63) is 64.7 Å². The van der Waals surface area contributed by atoms with Crippen LogP contribution in [0.1, 0.15) is 137 Å². The van der Waals surface area contributed by atoms with Gasteiger partial charge in [0.15, 0.2) is 0 Å². The highest BCUT2D eigenvalue weighted by molar-refractivity contribution is 6.31. The average molecular weight is 583 g/mol. The molecule has 2 rings (SSSR count). The maximum absolute atomic E-state index is 10.0. The molecule has 41 heavy (non-hydrogen) atoms. The Morgan fingerprint density at radius 1 is 0.829 bits per heavy atom. The van der Waals surface area contributed by atoms with Crippen LogP contribution in [0.3, 0.4) is 0 Å². The molecule has 0 heterocycles.